The zero-order valence-electron chi connectivity index (χ0n) is 11.7. The van der Waals surface area contributed by atoms with Gasteiger partial charge in [0.05, 0.1) is 6.61 Å². The Kier molecular flexibility index (Phi) is 4.53. The molecule has 1 aliphatic rings. The van der Waals surface area contributed by atoms with E-state index in [1.54, 1.807) is 13.3 Å². The topological polar surface area (TPSA) is 51.2 Å². The number of carbonyl (C=O) groups excluding carboxylic acids is 1. The summed E-state index contributed by atoms with van der Waals surface area (Å²) in [5, 5.41) is 3.03. The maximum Gasteiger partial charge on any atom is 0.270 e. The average molecular weight is 262 g/mol. The van der Waals surface area contributed by atoms with Gasteiger partial charge in [0, 0.05) is 25.3 Å². The zero-order chi connectivity index (χ0) is 13.7. The predicted molar refractivity (Wildman–Crippen MR) is 74.1 cm³/mol. The number of nitrogens with one attached hydrogen (secondary N) is 1. The monoisotopic (exact) mass is 262 g/mol. The van der Waals surface area contributed by atoms with E-state index in [2.05, 4.69) is 10.3 Å². The normalized spacial score (nSPS) is 17.4. The summed E-state index contributed by atoms with van der Waals surface area (Å²) >= 11 is 0. The van der Waals surface area contributed by atoms with Gasteiger partial charge in [0.2, 0.25) is 0 Å². The molecule has 1 aromatic rings. The fourth-order valence-electron chi connectivity index (χ4n) is 2.88. The van der Waals surface area contributed by atoms with E-state index in [1.807, 2.05) is 19.1 Å². The summed E-state index contributed by atoms with van der Waals surface area (Å²) in [5.41, 5.74) is 1.55. The van der Waals surface area contributed by atoms with Crippen LogP contribution >= 0.6 is 0 Å². The van der Waals surface area contributed by atoms with Crippen molar-refractivity contribution in [3.63, 3.8) is 0 Å². The fourth-order valence-corrected chi connectivity index (χ4v) is 2.88. The number of nitrogens with zero attached hydrogens (tertiary/aromatic N) is 1. The SMILES string of the molecule is COCC1(CNC(=O)c2ncccc2C)CCCC1. The van der Waals surface area contributed by atoms with Crippen LogP contribution in [0.2, 0.25) is 0 Å². The molecule has 1 saturated carbocycles. The summed E-state index contributed by atoms with van der Waals surface area (Å²) < 4.78 is 5.32. The summed E-state index contributed by atoms with van der Waals surface area (Å²) in [4.78, 5) is 16.3. The first kappa shape index (κ1) is 14.0. The van der Waals surface area contributed by atoms with Gasteiger partial charge in [-0.05, 0) is 31.4 Å². The van der Waals surface area contributed by atoms with Gasteiger partial charge in [-0.15, -0.1) is 0 Å². The second kappa shape index (κ2) is 6.15. The second-order valence-electron chi connectivity index (χ2n) is 5.49. The molecule has 2 rings (SSSR count). The Labute approximate surface area is 114 Å². The lowest BCUT2D eigenvalue weighted by Crippen LogP contribution is -2.39. The van der Waals surface area contributed by atoms with Crippen LogP contribution in [0, 0.1) is 12.3 Å². The minimum atomic E-state index is -0.0829. The van der Waals surface area contributed by atoms with Crippen molar-refractivity contribution in [3.05, 3.63) is 29.6 Å². The van der Waals surface area contributed by atoms with E-state index in [-0.39, 0.29) is 11.3 Å². The molecule has 0 atom stereocenters. The Hall–Kier alpha value is -1.42. The van der Waals surface area contributed by atoms with Gasteiger partial charge in [0.25, 0.3) is 5.91 Å². The zero-order valence-corrected chi connectivity index (χ0v) is 11.7. The molecule has 1 amide bonds. The lowest BCUT2D eigenvalue weighted by atomic mass is 9.87. The first-order valence-electron chi connectivity index (χ1n) is 6.86. The Morgan fingerprint density at radius 1 is 1.47 bits per heavy atom. The Bertz CT molecular complexity index is 440. The van der Waals surface area contributed by atoms with Crippen LogP contribution in [0.25, 0.3) is 0 Å². The van der Waals surface area contributed by atoms with Crippen LogP contribution in [0.15, 0.2) is 18.3 Å². The molecule has 0 aliphatic heterocycles. The summed E-state index contributed by atoms with van der Waals surface area (Å²) in [6.45, 7) is 3.30. The number of pyridine rings is 1. The molecule has 4 heteroatoms. The molecule has 4 nitrogen and oxygen atoms in total. The van der Waals surface area contributed by atoms with Gasteiger partial charge in [-0.1, -0.05) is 18.9 Å². The smallest absolute Gasteiger partial charge is 0.270 e. The molecular formula is C15H22N2O2. The molecule has 0 saturated heterocycles. The molecule has 1 fully saturated rings. The number of hydrogen-bond donors (Lipinski definition) is 1. The van der Waals surface area contributed by atoms with E-state index >= 15 is 0 Å². The molecule has 1 N–H and O–H groups in total. The third-order valence-corrected chi connectivity index (χ3v) is 3.96. The molecule has 19 heavy (non-hydrogen) atoms. The van der Waals surface area contributed by atoms with Crippen molar-refractivity contribution in [2.75, 3.05) is 20.3 Å². The van der Waals surface area contributed by atoms with Gasteiger partial charge in [0.15, 0.2) is 0 Å². The summed E-state index contributed by atoms with van der Waals surface area (Å²) in [6.07, 6.45) is 6.36. The van der Waals surface area contributed by atoms with Gasteiger partial charge in [-0.25, -0.2) is 0 Å². The summed E-state index contributed by atoms with van der Waals surface area (Å²) in [5.74, 6) is -0.0829. The largest absolute Gasteiger partial charge is 0.384 e. The molecule has 1 heterocycles. The molecule has 1 aromatic heterocycles. The maximum atomic E-state index is 12.2. The van der Waals surface area contributed by atoms with Crippen LogP contribution < -0.4 is 5.32 Å². The lowest BCUT2D eigenvalue weighted by Gasteiger charge is -2.28. The van der Waals surface area contributed by atoms with Gasteiger partial charge < -0.3 is 10.1 Å². The van der Waals surface area contributed by atoms with Crippen LogP contribution in [0.1, 0.15) is 41.7 Å². The van der Waals surface area contributed by atoms with Crippen molar-refractivity contribution in [2.24, 2.45) is 5.41 Å². The number of aryl methyl sites for hydroxylation is 1. The Morgan fingerprint density at radius 2 is 2.21 bits per heavy atom. The molecule has 0 spiro atoms. The van der Waals surface area contributed by atoms with Crippen molar-refractivity contribution in [1.29, 1.82) is 0 Å². The van der Waals surface area contributed by atoms with Crippen LogP contribution in [-0.2, 0) is 4.74 Å². The van der Waals surface area contributed by atoms with E-state index in [0.717, 1.165) is 18.4 Å². The standard InChI is InChI=1S/C15H22N2O2/c1-12-6-5-9-16-13(12)14(18)17-10-15(11-19-2)7-3-4-8-15/h5-6,9H,3-4,7-8,10-11H2,1-2H3,(H,17,18). The number of rotatable bonds is 5. The average Bonchev–Trinajstić information content (AvgIpc) is 2.86. The minimum Gasteiger partial charge on any atom is -0.384 e. The Balaban J connectivity index is 1.98. The third kappa shape index (κ3) is 3.32. The van der Waals surface area contributed by atoms with Gasteiger partial charge >= 0.3 is 0 Å². The number of ether oxygens (including phenoxy) is 1. The number of methoxy groups -OCH3 is 1. The Morgan fingerprint density at radius 3 is 2.84 bits per heavy atom. The van der Waals surface area contributed by atoms with Gasteiger partial charge in [0.1, 0.15) is 5.69 Å². The number of aromatic nitrogens is 1. The second-order valence-corrected chi connectivity index (χ2v) is 5.49. The number of carbonyl (C=O) groups is 1. The number of amides is 1. The van der Waals surface area contributed by atoms with Crippen LogP contribution in [0.5, 0.6) is 0 Å². The fraction of sp³-hybridized carbons (Fsp3) is 0.600. The first-order valence-corrected chi connectivity index (χ1v) is 6.86. The van der Waals surface area contributed by atoms with Gasteiger partial charge in [-0.2, -0.15) is 0 Å². The molecule has 0 aromatic carbocycles. The lowest BCUT2D eigenvalue weighted by molar-refractivity contribution is 0.0738. The van der Waals surface area contributed by atoms with Crippen molar-refractivity contribution < 1.29 is 9.53 Å². The van der Waals surface area contributed by atoms with Gasteiger partial charge in [-0.3, -0.25) is 9.78 Å². The van der Waals surface area contributed by atoms with E-state index in [0.29, 0.717) is 18.8 Å². The van der Waals surface area contributed by atoms with E-state index in [9.17, 15) is 4.79 Å². The highest BCUT2D eigenvalue weighted by Crippen LogP contribution is 2.37. The van der Waals surface area contributed by atoms with Crippen LogP contribution in [0.4, 0.5) is 0 Å². The number of hydrogen-bond acceptors (Lipinski definition) is 3. The highest BCUT2D eigenvalue weighted by Gasteiger charge is 2.34. The highest BCUT2D eigenvalue weighted by molar-refractivity contribution is 5.93. The van der Waals surface area contributed by atoms with Crippen molar-refractivity contribution in [1.82, 2.24) is 10.3 Å². The molecule has 1 aliphatic carbocycles. The molecular weight excluding hydrogens is 240 g/mol. The molecule has 104 valence electrons. The quantitative estimate of drug-likeness (QED) is 0.886. The van der Waals surface area contributed by atoms with Crippen molar-refractivity contribution >= 4 is 5.91 Å². The summed E-state index contributed by atoms with van der Waals surface area (Å²) in [6, 6.07) is 3.75. The van der Waals surface area contributed by atoms with E-state index in [4.69, 9.17) is 4.74 Å². The summed E-state index contributed by atoms with van der Waals surface area (Å²) in [7, 11) is 1.73. The first-order chi connectivity index (χ1) is 9.17. The molecule has 0 radical (unpaired) electrons. The minimum absolute atomic E-state index is 0.0829. The predicted octanol–water partition coefficient (Wildman–Crippen LogP) is 2.33. The molecule has 0 bridgehead atoms. The van der Waals surface area contributed by atoms with Crippen molar-refractivity contribution in [3.8, 4) is 0 Å². The van der Waals surface area contributed by atoms with Crippen LogP contribution in [0.3, 0.4) is 0 Å². The third-order valence-electron chi connectivity index (χ3n) is 3.96. The highest BCUT2D eigenvalue weighted by atomic mass is 16.5. The van der Waals surface area contributed by atoms with Crippen LogP contribution in [-0.4, -0.2) is 31.2 Å². The van der Waals surface area contributed by atoms with E-state index < -0.39 is 0 Å². The van der Waals surface area contributed by atoms with E-state index in [1.165, 1.54) is 12.8 Å². The maximum absolute atomic E-state index is 12.2. The molecule has 0 unspecified atom stereocenters. The van der Waals surface area contributed by atoms with Crippen molar-refractivity contribution in [2.45, 2.75) is 32.6 Å².